The fourth-order valence-corrected chi connectivity index (χ4v) is 3.25. The zero-order chi connectivity index (χ0) is 10.9. The van der Waals surface area contributed by atoms with Gasteiger partial charge in [0.15, 0.2) is 0 Å². The summed E-state index contributed by atoms with van der Waals surface area (Å²) in [5.41, 5.74) is 2.22. The maximum Gasteiger partial charge on any atom is 0.0819 e. The van der Waals surface area contributed by atoms with Crippen molar-refractivity contribution in [2.75, 3.05) is 6.61 Å². The maximum atomic E-state index is 8.23. The molecule has 0 radical (unpaired) electrons. The van der Waals surface area contributed by atoms with E-state index in [0.29, 0.717) is 12.0 Å². The van der Waals surface area contributed by atoms with Crippen LogP contribution in [0.3, 0.4) is 0 Å². The molecule has 2 heteroatoms. The van der Waals surface area contributed by atoms with E-state index in [2.05, 4.69) is 24.8 Å². The first kappa shape index (κ1) is 11.2. The molecule has 15 heavy (non-hydrogen) atoms. The maximum absolute atomic E-state index is 8.23. The standard InChI is InChI=1S/C13H22O2/c1-13(2)11-7-6-10(12(13)9-11)5-3-4-8-15-14/h6,11-12,14H,3-5,7-9H2,1-2H3/t11-,12-/m0/s1. The second kappa shape index (κ2) is 4.26. The second-order valence-corrected chi connectivity index (χ2v) is 5.61. The average molecular weight is 210 g/mol. The molecule has 1 saturated carbocycles. The highest BCUT2D eigenvalue weighted by molar-refractivity contribution is 5.23. The van der Waals surface area contributed by atoms with E-state index in [4.69, 9.17) is 5.26 Å². The molecule has 3 aliphatic carbocycles. The highest BCUT2D eigenvalue weighted by Gasteiger charge is 2.50. The van der Waals surface area contributed by atoms with E-state index in [1.54, 1.807) is 5.57 Å². The van der Waals surface area contributed by atoms with Crippen molar-refractivity contribution in [3.63, 3.8) is 0 Å². The van der Waals surface area contributed by atoms with Gasteiger partial charge in [-0.15, -0.1) is 0 Å². The zero-order valence-corrected chi connectivity index (χ0v) is 9.83. The predicted molar refractivity (Wildman–Crippen MR) is 60.5 cm³/mol. The molecule has 86 valence electrons. The van der Waals surface area contributed by atoms with Crippen LogP contribution in [-0.2, 0) is 4.89 Å². The minimum absolute atomic E-state index is 0.476. The molecule has 2 bridgehead atoms. The molecular formula is C13H22O2. The Balaban J connectivity index is 1.81. The first-order valence-electron chi connectivity index (χ1n) is 6.11. The summed E-state index contributed by atoms with van der Waals surface area (Å²) in [5.74, 6) is 1.78. The molecule has 0 heterocycles. The average Bonchev–Trinajstić information content (AvgIpc) is 2.24. The molecule has 0 aromatic heterocycles. The zero-order valence-electron chi connectivity index (χ0n) is 9.83. The second-order valence-electron chi connectivity index (χ2n) is 5.61. The Bertz CT molecular complexity index is 255. The lowest BCUT2D eigenvalue weighted by molar-refractivity contribution is -0.242. The number of unbranched alkanes of at least 4 members (excludes halogenated alkanes) is 1. The van der Waals surface area contributed by atoms with Gasteiger partial charge in [-0.1, -0.05) is 25.5 Å². The van der Waals surface area contributed by atoms with Gasteiger partial charge in [-0.25, -0.2) is 4.89 Å². The van der Waals surface area contributed by atoms with E-state index in [0.717, 1.165) is 24.7 Å². The quantitative estimate of drug-likeness (QED) is 0.325. The Morgan fingerprint density at radius 2 is 2.27 bits per heavy atom. The van der Waals surface area contributed by atoms with Gasteiger partial charge >= 0.3 is 0 Å². The highest BCUT2D eigenvalue weighted by atomic mass is 17.1. The van der Waals surface area contributed by atoms with Crippen molar-refractivity contribution in [1.82, 2.24) is 0 Å². The molecule has 0 amide bonds. The smallest absolute Gasteiger partial charge is 0.0819 e. The van der Waals surface area contributed by atoms with E-state index in [9.17, 15) is 0 Å². The van der Waals surface area contributed by atoms with E-state index in [1.165, 1.54) is 19.3 Å². The summed E-state index contributed by atoms with van der Waals surface area (Å²) in [5, 5.41) is 8.23. The van der Waals surface area contributed by atoms with Crippen LogP contribution in [0.15, 0.2) is 11.6 Å². The summed E-state index contributed by atoms with van der Waals surface area (Å²) in [6.45, 7) is 5.30. The molecule has 2 atom stereocenters. The van der Waals surface area contributed by atoms with E-state index < -0.39 is 0 Å². The lowest BCUT2D eigenvalue weighted by atomic mass is 9.48. The van der Waals surface area contributed by atoms with E-state index in [1.807, 2.05) is 0 Å². The Labute approximate surface area is 92.3 Å². The van der Waals surface area contributed by atoms with Crippen LogP contribution in [-0.4, -0.2) is 11.9 Å². The Morgan fingerprint density at radius 1 is 1.47 bits per heavy atom. The van der Waals surface area contributed by atoms with Gasteiger partial charge < -0.3 is 0 Å². The first-order chi connectivity index (χ1) is 7.16. The number of rotatable bonds is 5. The summed E-state index contributed by atoms with van der Waals surface area (Å²) in [6.07, 6.45) is 8.47. The minimum Gasteiger partial charge on any atom is -0.252 e. The normalized spacial score (nSPS) is 32.1. The molecule has 0 saturated heterocycles. The van der Waals surface area contributed by atoms with Crippen molar-refractivity contribution in [2.24, 2.45) is 17.3 Å². The molecule has 0 aromatic carbocycles. The van der Waals surface area contributed by atoms with Gasteiger partial charge in [-0.2, -0.15) is 0 Å². The third kappa shape index (κ3) is 1.98. The third-order valence-corrected chi connectivity index (χ3v) is 4.53. The van der Waals surface area contributed by atoms with Crippen LogP contribution >= 0.6 is 0 Å². The lowest BCUT2D eigenvalue weighted by Crippen LogP contribution is -2.47. The van der Waals surface area contributed by atoms with Crippen molar-refractivity contribution in [1.29, 1.82) is 0 Å². The molecule has 1 N–H and O–H groups in total. The minimum atomic E-state index is 0.476. The van der Waals surface area contributed by atoms with Gasteiger partial charge in [-0.05, 0) is 49.4 Å². The highest BCUT2D eigenvalue weighted by Crippen LogP contribution is 2.59. The fraction of sp³-hybridized carbons (Fsp3) is 0.846. The van der Waals surface area contributed by atoms with Gasteiger partial charge in [0.2, 0.25) is 0 Å². The molecule has 1 fully saturated rings. The molecule has 3 rings (SSSR count). The SMILES string of the molecule is CC1(C)[C@H]2CC=C(CCCCOO)[C@@H]1C2. The summed E-state index contributed by atoms with van der Waals surface area (Å²) in [4.78, 5) is 4.09. The van der Waals surface area contributed by atoms with Crippen LogP contribution in [0, 0.1) is 17.3 Å². The summed E-state index contributed by atoms with van der Waals surface area (Å²) in [7, 11) is 0. The monoisotopic (exact) mass is 210 g/mol. The topological polar surface area (TPSA) is 29.5 Å². The van der Waals surface area contributed by atoms with Crippen LogP contribution < -0.4 is 0 Å². The van der Waals surface area contributed by atoms with Gasteiger partial charge in [0, 0.05) is 0 Å². The number of hydrogen-bond acceptors (Lipinski definition) is 2. The summed E-state index contributed by atoms with van der Waals surface area (Å²) < 4.78 is 0. The summed E-state index contributed by atoms with van der Waals surface area (Å²) in [6, 6.07) is 0. The van der Waals surface area contributed by atoms with E-state index in [-0.39, 0.29) is 0 Å². The molecule has 0 unspecified atom stereocenters. The lowest BCUT2D eigenvalue weighted by Gasteiger charge is -2.56. The van der Waals surface area contributed by atoms with Crippen LogP contribution in [0.4, 0.5) is 0 Å². The van der Waals surface area contributed by atoms with E-state index >= 15 is 0 Å². The number of allylic oxidation sites excluding steroid dienone is 2. The predicted octanol–water partition coefficient (Wildman–Crippen LogP) is 3.64. The van der Waals surface area contributed by atoms with Gasteiger partial charge in [0.25, 0.3) is 0 Å². The van der Waals surface area contributed by atoms with Crippen molar-refractivity contribution in [3.05, 3.63) is 11.6 Å². The molecule has 2 nitrogen and oxygen atoms in total. The molecule has 0 spiro atoms. The van der Waals surface area contributed by atoms with Gasteiger partial charge in [-0.3, -0.25) is 5.26 Å². The van der Waals surface area contributed by atoms with Gasteiger partial charge in [0.05, 0.1) is 6.61 Å². The Morgan fingerprint density at radius 3 is 2.87 bits per heavy atom. The van der Waals surface area contributed by atoms with Crippen LogP contribution in [0.25, 0.3) is 0 Å². The van der Waals surface area contributed by atoms with Crippen LogP contribution in [0.1, 0.15) is 46.0 Å². The molecule has 3 aliphatic rings. The van der Waals surface area contributed by atoms with Gasteiger partial charge in [0.1, 0.15) is 0 Å². The fourth-order valence-electron chi connectivity index (χ4n) is 3.25. The third-order valence-electron chi connectivity index (χ3n) is 4.53. The van der Waals surface area contributed by atoms with Crippen molar-refractivity contribution >= 4 is 0 Å². The largest absolute Gasteiger partial charge is 0.252 e. The Kier molecular flexibility index (Phi) is 3.17. The number of hydrogen-bond donors (Lipinski definition) is 1. The van der Waals surface area contributed by atoms with Crippen LogP contribution in [0.2, 0.25) is 0 Å². The molecular weight excluding hydrogens is 188 g/mol. The summed E-state index contributed by atoms with van der Waals surface area (Å²) >= 11 is 0. The molecule has 0 aromatic rings. The molecule has 0 aliphatic heterocycles. The van der Waals surface area contributed by atoms with Crippen molar-refractivity contribution < 1.29 is 10.1 Å². The van der Waals surface area contributed by atoms with Crippen LogP contribution in [0.5, 0.6) is 0 Å². The van der Waals surface area contributed by atoms with Crippen molar-refractivity contribution in [2.45, 2.75) is 46.0 Å². The Hall–Kier alpha value is -0.340. The van der Waals surface area contributed by atoms with Crippen molar-refractivity contribution in [3.8, 4) is 0 Å². The first-order valence-corrected chi connectivity index (χ1v) is 6.11. The number of fused-ring (bicyclic) bond motifs is 1.